The van der Waals surface area contributed by atoms with Crippen LogP contribution in [-0.2, 0) is 4.79 Å². The van der Waals surface area contributed by atoms with Gasteiger partial charge < -0.3 is 5.11 Å². The molecule has 3 nitrogen and oxygen atoms in total. The second kappa shape index (κ2) is 4.47. The Morgan fingerprint density at radius 1 is 1.25 bits per heavy atom. The van der Waals surface area contributed by atoms with E-state index in [9.17, 15) is 9.59 Å². The Balaban J connectivity index is 1.88. The largest absolute Gasteiger partial charge is 0.481 e. The average Bonchev–Trinajstić information content (AvgIpc) is 3.06. The molecule has 0 saturated heterocycles. The van der Waals surface area contributed by atoms with E-state index in [-0.39, 0.29) is 24.0 Å². The summed E-state index contributed by atoms with van der Waals surface area (Å²) in [5.74, 6) is -0.278. The maximum absolute atomic E-state index is 11.9. The number of carboxylic acid groups (broad SMARTS) is 1. The van der Waals surface area contributed by atoms with E-state index in [4.69, 9.17) is 5.11 Å². The van der Waals surface area contributed by atoms with Crippen LogP contribution in [0.3, 0.4) is 0 Å². The summed E-state index contributed by atoms with van der Waals surface area (Å²) < 4.78 is 0. The van der Waals surface area contributed by atoms with Crippen molar-refractivity contribution in [3.63, 3.8) is 0 Å². The van der Waals surface area contributed by atoms with Crippen LogP contribution in [0.1, 0.15) is 29.6 Å². The number of benzene rings is 1. The van der Waals surface area contributed by atoms with Gasteiger partial charge in [0.05, 0.1) is 0 Å². The Bertz CT molecular complexity index is 397. The number of hydrogen-bond acceptors (Lipinski definition) is 2. The minimum Gasteiger partial charge on any atom is -0.481 e. The Morgan fingerprint density at radius 3 is 2.56 bits per heavy atom. The van der Waals surface area contributed by atoms with E-state index < -0.39 is 5.97 Å². The third-order valence-corrected chi connectivity index (χ3v) is 3.05. The molecular weight excluding hydrogens is 204 g/mol. The van der Waals surface area contributed by atoms with Gasteiger partial charge in [0.1, 0.15) is 0 Å². The van der Waals surface area contributed by atoms with E-state index in [0.29, 0.717) is 6.42 Å². The quantitative estimate of drug-likeness (QED) is 0.772. The van der Waals surface area contributed by atoms with Crippen LogP contribution in [0.5, 0.6) is 0 Å². The number of ketones is 1. The highest BCUT2D eigenvalue weighted by molar-refractivity contribution is 5.99. The van der Waals surface area contributed by atoms with Crippen molar-refractivity contribution in [3.8, 4) is 0 Å². The van der Waals surface area contributed by atoms with Crippen molar-refractivity contribution in [2.75, 3.05) is 0 Å². The van der Waals surface area contributed by atoms with Gasteiger partial charge in [0.2, 0.25) is 0 Å². The van der Waals surface area contributed by atoms with Crippen LogP contribution in [0.2, 0.25) is 0 Å². The molecule has 84 valence electrons. The van der Waals surface area contributed by atoms with Gasteiger partial charge >= 0.3 is 5.97 Å². The molecule has 0 aromatic heterocycles. The Labute approximate surface area is 94.1 Å². The number of carbonyl (C=O) groups excluding carboxylic acids is 1. The van der Waals surface area contributed by atoms with Gasteiger partial charge in [-0.1, -0.05) is 30.3 Å². The van der Waals surface area contributed by atoms with Gasteiger partial charge in [0.15, 0.2) is 5.78 Å². The fourth-order valence-electron chi connectivity index (χ4n) is 2.01. The molecule has 1 aliphatic rings. The van der Waals surface area contributed by atoms with E-state index in [1.807, 2.05) is 30.3 Å². The van der Waals surface area contributed by atoms with E-state index in [2.05, 4.69) is 0 Å². The van der Waals surface area contributed by atoms with Crippen LogP contribution in [0.25, 0.3) is 0 Å². The average molecular weight is 218 g/mol. The highest BCUT2D eigenvalue weighted by Gasteiger charge is 2.42. The molecule has 1 aromatic rings. The van der Waals surface area contributed by atoms with Crippen molar-refractivity contribution in [2.45, 2.75) is 19.3 Å². The van der Waals surface area contributed by atoms with Crippen LogP contribution < -0.4 is 0 Å². The molecule has 3 heteroatoms. The Kier molecular flexibility index (Phi) is 3.04. The molecule has 16 heavy (non-hydrogen) atoms. The van der Waals surface area contributed by atoms with Crippen LogP contribution in [0, 0.1) is 11.8 Å². The molecule has 1 aliphatic carbocycles. The van der Waals surface area contributed by atoms with Gasteiger partial charge in [-0.15, -0.1) is 0 Å². The topological polar surface area (TPSA) is 54.4 Å². The van der Waals surface area contributed by atoms with Crippen LogP contribution in [-0.4, -0.2) is 16.9 Å². The number of hydrogen-bond donors (Lipinski definition) is 1. The molecule has 0 spiro atoms. The standard InChI is InChI=1S/C13H14O3/c14-12(15)7-6-10-8-11(10)13(16)9-4-2-1-3-5-9/h1-5,10-11H,6-8H2,(H,14,15)/t10-,11-/m0/s1. The molecule has 1 saturated carbocycles. The van der Waals surface area contributed by atoms with Crippen molar-refractivity contribution >= 4 is 11.8 Å². The second-order valence-electron chi connectivity index (χ2n) is 4.26. The van der Waals surface area contributed by atoms with Gasteiger partial charge in [-0.3, -0.25) is 9.59 Å². The zero-order chi connectivity index (χ0) is 11.5. The maximum Gasteiger partial charge on any atom is 0.303 e. The third-order valence-electron chi connectivity index (χ3n) is 3.05. The molecule has 2 atom stereocenters. The van der Waals surface area contributed by atoms with Gasteiger partial charge in [0, 0.05) is 17.9 Å². The first-order chi connectivity index (χ1) is 7.68. The normalized spacial score (nSPS) is 22.8. The minimum atomic E-state index is -0.780. The van der Waals surface area contributed by atoms with E-state index in [1.54, 1.807) is 0 Å². The molecule has 0 radical (unpaired) electrons. The summed E-state index contributed by atoms with van der Waals surface area (Å²) in [5, 5.41) is 8.55. The van der Waals surface area contributed by atoms with Crippen LogP contribution in [0.15, 0.2) is 30.3 Å². The monoisotopic (exact) mass is 218 g/mol. The predicted octanol–water partition coefficient (Wildman–Crippen LogP) is 2.37. The summed E-state index contributed by atoms with van der Waals surface area (Å²) in [6.45, 7) is 0. The van der Waals surface area contributed by atoms with Crippen LogP contribution in [0.4, 0.5) is 0 Å². The van der Waals surface area contributed by atoms with E-state index >= 15 is 0 Å². The smallest absolute Gasteiger partial charge is 0.303 e. The van der Waals surface area contributed by atoms with Gasteiger partial charge in [-0.2, -0.15) is 0 Å². The lowest BCUT2D eigenvalue weighted by Gasteiger charge is -1.99. The maximum atomic E-state index is 11.9. The summed E-state index contributed by atoms with van der Waals surface area (Å²) in [5.41, 5.74) is 0.741. The molecule has 0 aliphatic heterocycles. The summed E-state index contributed by atoms with van der Waals surface area (Å²) in [7, 11) is 0. The lowest BCUT2D eigenvalue weighted by Crippen LogP contribution is -2.04. The molecule has 0 unspecified atom stereocenters. The number of carboxylic acids is 1. The molecule has 0 amide bonds. The van der Waals surface area contributed by atoms with Crippen molar-refractivity contribution in [3.05, 3.63) is 35.9 Å². The highest BCUT2D eigenvalue weighted by atomic mass is 16.4. The van der Waals surface area contributed by atoms with Crippen molar-refractivity contribution in [1.29, 1.82) is 0 Å². The SMILES string of the molecule is O=C(O)CC[C@H]1C[C@@H]1C(=O)c1ccccc1. The first kappa shape index (κ1) is 10.9. The molecule has 0 bridgehead atoms. The van der Waals surface area contributed by atoms with Gasteiger partial charge in [0.25, 0.3) is 0 Å². The van der Waals surface area contributed by atoms with Gasteiger partial charge in [-0.05, 0) is 18.8 Å². The number of Topliss-reactive ketones (excluding diaryl/α,β-unsaturated/α-hetero) is 1. The molecule has 1 fully saturated rings. The first-order valence-corrected chi connectivity index (χ1v) is 5.49. The van der Waals surface area contributed by atoms with Crippen molar-refractivity contribution < 1.29 is 14.7 Å². The fraction of sp³-hybridized carbons (Fsp3) is 0.385. The lowest BCUT2D eigenvalue weighted by molar-refractivity contribution is -0.137. The summed E-state index contributed by atoms with van der Waals surface area (Å²) in [6.07, 6.45) is 1.64. The molecule has 1 aromatic carbocycles. The van der Waals surface area contributed by atoms with Crippen LogP contribution >= 0.6 is 0 Å². The molecular formula is C13H14O3. The van der Waals surface area contributed by atoms with Crippen molar-refractivity contribution in [2.24, 2.45) is 11.8 Å². The fourth-order valence-corrected chi connectivity index (χ4v) is 2.01. The highest BCUT2D eigenvalue weighted by Crippen LogP contribution is 2.44. The zero-order valence-corrected chi connectivity index (χ0v) is 8.93. The number of aliphatic carboxylic acids is 1. The zero-order valence-electron chi connectivity index (χ0n) is 8.93. The van der Waals surface area contributed by atoms with Gasteiger partial charge in [-0.25, -0.2) is 0 Å². The molecule has 0 heterocycles. The third kappa shape index (κ3) is 2.48. The summed E-state index contributed by atoms with van der Waals surface area (Å²) in [6, 6.07) is 9.21. The Morgan fingerprint density at radius 2 is 1.94 bits per heavy atom. The van der Waals surface area contributed by atoms with E-state index in [0.717, 1.165) is 12.0 Å². The first-order valence-electron chi connectivity index (χ1n) is 5.49. The minimum absolute atomic E-state index is 0.0572. The predicted molar refractivity (Wildman–Crippen MR) is 59.2 cm³/mol. The summed E-state index contributed by atoms with van der Waals surface area (Å²) in [4.78, 5) is 22.3. The lowest BCUT2D eigenvalue weighted by atomic mass is 10.0. The van der Waals surface area contributed by atoms with E-state index in [1.165, 1.54) is 0 Å². The summed E-state index contributed by atoms with van der Waals surface area (Å²) >= 11 is 0. The Hall–Kier alpha value is -1.64. The molecule has 1 N–H and O–H groups in total. The number of carbonyl (C=O) groups is 2. The van der Waals surface area contributed by atoms with Crippen molar-refractivity contribution in [1.82, 2.24) is 0 Å². The molecule has 2 rings (SSSR count). The second-order valence-corrected chi connectivity index (χ2v) is 4.26. The number of rotatable bonds is 5.